The molecule has 0 bridgehead atoms. The van der Waals surface area contributed by atoms with Crippen LogP contribution in [-0.4, -0.2) is 24.9 Å². The van der Waals surface area contributed by atoms with Gasteiger partial charge in [0.25, 0.3) is 0 Å². The first-order valence-corrected chi connectivity index (χ1v) is 7.64. The van der Waals surface area contributed by atoms with Gasteiger partial charge in [0, 0.05) is 17.2 Å². The van der Waals surface area contributed by atoms with Crippen molar-refractivity contribution in [3.05, 3.63) is 34.9 Å². The van der Waals surface area contributed by atoms with Crippen LogP contribution in [0.3, 0.4) is 0 Å². The highest BCUT2D eigenvalue weighted by Crippen LogP contribution is 2.46. The largest absolute Gasteiger partial charge is 0.462 e. The first kappa shape index (κ1) is 14.8. The second-order valence-corrected chi connectivity index (χ2v) is 5.44. The molecular formula is C14H14N2O2S2. The average molecular weight is 306 g/mol. The number of thioether (sulfide) groups is 1. The van der Waals surface area contributed by atoms with Gasteiger partial charge in [0.2, 0.25) is 0 Å². The van der Waals surface area contributed by atoms with Crippen LogP contribution >= 0.6 is 24.4 Å². The number of hydrogen-bond acceptors (Lipinski definition) is 6. The van der Waals surface area contributed by atoms with Crippen molar-refractivity contribution >= 4 is 36.0 Å². The summed E-state index contributed by atoms with van der Waals surface area (Å²) in [5, 5.41) is 9.91. The number of rotatable bonds is 4. The summed E-state index contributed by atoms with van der Waals surface area (Å²) in [5.74, 6) is 0.0504. The number of anilines is 1. The number of nitrogens with zero attached hydrogens (tertiary/aromatic N) is 2. The first-order chi connectivity index (χ1) is 9.72. The maximum absolute atomic E-state index is 11.9. The van der Waals surface area contributed by atoms with E-state index in [0.717, 1.165) is 10.6 Å². The van der Waals surface area contributed by atoms with E-state index >= 15 is 0 Å². The molecule has 0 aromatic heterocycles. The zero-order valence-electron chi connectivity index (χ0n) is 11.0. The molecule has 20 heavy (non-hydrogen) atoms. The van der Waals surface area contributed by atoms with Crippen LogP contribution in [0, 0.1) is 11.3 Å². The maximum atomic E-state index is 11.9. The molecule has 104 valence electrons. The van der Waals surface area contributed by atoms with E-state index in [-0.39, 0.29) is 12.2 Å². The van der Waals surface area contributed by atoms with Crippen molar-refractivity contribution in [2.75, 3.05) is 23.8 Å². The summed E-state index contributed by atoms with van der Waals surface area (Å²) in [4.78, 5) is 14.9. The molecule has 0 atom stereocenters. The third-order valence-electron chi connectivity index (χ3n) is 2.74. The number of nitriles is 1. The van der Waals surface area contributed by atoms with Crippen LogP contribution in [-0.2, 0) is 9.53 Å². The lowest BCUT2D eigenvalue weighted by atomic mass is 10.2. The van der Waals surface area contributed by atoms with Crippen molar-refractivity contribution in [3.63, 3.8) is 0 Å². The molecule has 0 saturated carbocycles. The number of carbonyl (C=O) groups excluding carboxylic acids is 1. The van der Waals surface area contributed by atoms with Gasteiger partial charge in [-0.05, 0) is 19.1 Å². The average Bonchev–Trinajstić information content (AvgIpc) is 2.80. The predicted molar refractivity (Wildman–Crippen MR) is 82.8 cm³/mol. The van der Waals surface area contributed by atoms with E-state index in [2.05, 4.69) is 12.6 Å². The van der Waals surface area contributed by atoms with Gasteiger partial charge in [0.1, 0.15) is 11.1 Å². The number of para-hydroxylation sites is 1. The van der Waals surface area contributed by atoms with Crippen molar-refractivity contribution in [1.82, 2.24) is 0 Å². The van der Waals surface area contributed by atoms with E-state index in [0.29, 0.717) is 17.3 Å². The Bertz CT molecular complexity index is 593. The SMILES string of the molecule is CCOC(=O)/C(C#N)=C1/Sc2ccccc2N1CCS. The van der Waals surface area contributed by atoms with E-state index in [9.17, 15) is 10.1 Å². The number of fused-ring (bicyclic) bond motifs is 1. The molecular weight excluding hydrogens is 292 g/mol. The summed E-state index contributed by atoms with van der Waals surface area (Å²) < 4.78 is 4.95. The van der Waals surface area contributed by atoms with Crippen LogP contribution in [0.15, 0.2) is 39.8 Å². The van der Waals surface area contributed by atoms with Crippen LogP contribution in [0.25, 0.3) is 0 Å². The minimum Gasteiger partial charge on any atom is -0.462 e. The zero-order valence-corrected chi connectivity index (χ0v) is 12.7. The molecule has 6 heteroatoms. The fourth-order valence-electron chi connectivity index (χ4n) is 1.93. The number of esters is 1. The van der Waals surface area contributed by atoms with Crippen LogP contribution < -0.4 is 4.90 Å². The summed E-state index contributed by atoms with van der Waals surface area (Å²) in [6.45, 7) is 2.61. The van der Waals surface area contributed by atoms with E-state index in [1.165, 1.54) is 11.8 Å². The Hall–Kier alpha value is -1.58. The van der Waals surface area contributed by atoms with Crippen molar-refractivity contribution in [2.24, 2.45) is 0 Å². The maximum Gasteiger partial charge on any atom is 0.351 e. The molecule has 1 heterocycles. The predicted octanol–water partition coefficient (Wildman–Crippen LogP) is 2.83. The van der Waals surface area contributed by atoms with Crippen molar-refractivity contribution < 1.29 is 9.53 Å². The lowest BCUT2D eigenvalue weighted by Gasteiger charge is -2.19. The third kappa shape index (κ3) is 2.79. The lowest BCUT2D eigenvalue weighted by Crippen LogP contribution is -2.23. The Balaban J connectivity index is 2.46. The van der Waals surface area contributed by atoms with Crippen LogP contribution in [0.2, 0.25) is 0 Å². The fraction of sp³-hybridized carbons (Fsp3) is 0.286. The molecule has 0 fully saturated rings. The Kier molecular flexibility index (Phi) is 4.99. The minimum atomic E-state index is -0.575. The molecule has 4 nitrogen and oxygen atoms in total. The molecule has 2 rings (SSSR count). The molecule has 1 aliphatic rings. The van der Waals surface area contributed by atoms with Crippen molar-refractivity contribution in [3.8, 4) is 6.07 Å². The van der Waals surface area contributed by atoms with Gasteiger partial charge in [-0.25, -0.2) is 4.79 Å². The fourth-order valence-corrected chi connectivity index (χ4v) is 3.30. The monoisotopic (exact) mass is 306 g/mol. The Morgan fingerprint density at radius 1 is 1.50 bits per heavy atom. The summed E-state index contributed by atoms with van der Waals surface area (Å²) in [5.41, 5.74) is 1.05. The zero-order chi connectivity index (χ0) is 14.5. The molecule has 0 amide bonds. The van der Waals surface area contributed by atoms with Gasteiger partial charge < -0.3 is 9.64 Å². The first-order valence-electron chi connectivity index (χ1n) is 6.19. The highest BCUT2D eigenvalue weighted by molar-refractivity contribution is 8.03. The summed E-state index contributed by atoms with van der Waals surface area (Å²) in [7, 11) is 0. The topological polar surface area (TPSA) is 53.3 Å². The van der Waals surface area contributed by atoms with E-state index < -0.39 is 5.97 Å². The van der Waals surface area contributed by atoms with Gasteiger partial charge >= 0.3 is 5.97 Å². The van der Waals surface area contributed by atoms with Gasteiger partial charge in [0.15, 0.2) is 5.57 Å². The van der Waals surface area contributed by atoms with Gasteiger partial charge in [-0.3, -0.25) is 0 Å². The van der Waals surface area contributed by atoms with Crippen molar-refractivity contribution in [1.29, 1.82) is 5.26 Å². The molecule has 0 spiro atoms. The van der Waals surface area contributed by atoms with Gasteiger partial charge in [-0.15, -0.1) is 0 Å². The molecule has 0 unspecified atom stereocenters. The van der Waals surface area contributed by atoms with E-state index in [1.54, 1.807) is 6.92 Å². The molecule has 1 aromatic carbocycles. The Morgan fingerprint density at radius 3 is 2.90 bits per heavy atom. The van der Waals surface area contributed by atoms with Crippen LogP contribution in [0.5, 0.6) is 0 Å². The number of thiol groups is 1. The summed E-state index contributed by atoms with van der Waals surface area (Å²) in [6.07, 6.45) is 0. The smallest absolute Gasteiger partial charge is 0.351 e. The lowest BCUT2D eigenvalue weighted by molar-refractivity contribution is -0.138. The second-order valence-electron chi connectivity index (χ2n) is 3.96. The van der Waals surface area contributed by atoms with E-state index in [4.69, 9.17) is 4.74 Å². The van der Waals surface area contributed by atoms with Gasteiger partial charge in [-0.1, -0.05) is 23.9 Å². The van der Waals surface area contributed by atoms with Gasteiger partial charge in [-0.2, -0.15) is 17.9 Å². The minimum absolute atomic E-state index is 0.0508. The molecule has 1 aliphatic heterocycles. The van der Waals surface area contributed by atoms with Crippen LogP contribution in [0.4, 0.5) is 5.69 Å². The summed E-state index contributed by atoms with van der Waals surface area (Å²) >= 11 is 5.67. The molecule has 0 saturated heterocycles. The second kappa shape index (κ2) is 6.73. The number of hydrogen-bond donors (Lipinski definition) is 1. The van der Waals surface area contributed by atoms with Gasteiger partial charge in [0.05, 0.1) is 12.3 Å². The van der Waals surface area contributed by atoms with Crippen LogP contribution in [0.1, 0.15) is 6.92 Å². The molecule has 0 aliphatic carbocycles. The standard InChI is InChI=1S/C14H14N2O2S2/c1-2-18-14(17)10(9-15)13-16(7-8-19)11-5-3-4-6-12(11)20-13/h3-6,19H,2,7-8H2,1H3/b13-10+. The molecule has 1 aromatic rings. The Morgan fingerprint density at radius 2 is 2.25 bits per heavy atom. The number of carbonyl (C=O) groups is 1. The highest BCUT2D eigenvalue weighted by atomic mass is 32.2. The summed E-state index contributed by atoms with van der Waals surface area (Å²) in [6, 6.07) is 9.78. The Labute approximate surface area is 127 Å². The van der Waals surface area contributed by atoms with Crippen molar-refractivity contribution in [2.45, 2.75) is 11.8 Å². The third-order valence-corrected chi connectivity index (χ3v) is 4.12. The quantitative estimate of drug-likeness (QED) is 0.401. The number of ether oxygens (including phenoxy) is 1. The highest BCUT2D eigenvalue weighted by Gasteiger charge is 2.30. The van der Waals surface area contributed by atoms with E-state index in [1.807, 2.05) is 35.2 Å². The number of benzene rings is 1. The normalized spacial score (nSPS) is 15.6. The molecule has 0 radical (unpaired) electrons. The molecule has 0 N–H and O–H groups in total.